The lowest BCUT2D eigenvalue weighted by Gasteiger charge is -2.34. The minimum Gasteiger partial charge on any atom is -0.497 e. The number of nitrogens with one attached hydrogen (secondary N) is 3. The number of ether oxygens (including phenoxy) is 7. The number of methoxy groups -OCH3 is 1. The fourth-order valence-electron chi connectivity index (χ4n) is 9.88. The predicted octanol–water partition coefficient (Wildman–Crippen LogP) is 7.18. The maximum Gasteiger partial charge on any atom is 0.325 e. The van der Waals surface area contributed by atoms with E-state index in [-0.39, 0.29) is 36.5 Å². The molecule has 3 aromatic carbocycles. The minimum atomic E-state index is -0.853. The van der Waals surface area contributed by atoms with Crippen LogP contribution in [0.4, 0.5) is 15.6 Å². The van der Waals surface area contributed by atoms with Crippen molar-refractivity contribution in [2.75, 3.05) is 144 Å². The molecule has 3 aromatic heterocycles. The number of unbranched alkanes of at least 4 members (excludes halogenated alkanes) is 1. The highest BCUT2D eigenvalue weighted by atomic mass is 32.1. The van der Waals surface area contributed by atoms with Gasteiger partial charge in [0.2, 0.25) is 17.7 Å². The Hall–Kier alpha value is -7.10. The van der Waals surface area contributed by atoms with E-state index in [1.165, 1.54) is 22.7 Å². The van der Waals surface area contributed by atoms with Crippen molar-refractivity contribution >= 4 is 57.2 Å². The predicted molar refractivity (Wildman–Crippen MR) is 337 cm³/mol. The Balaban J connectivity index is 0.616. The molecule has 0 radical (unpaired) electrons. The van der Waals surface area contributed by atoms with Gasteiger partial charge in [-0.2, -0.15) is 0 Å². The molecule has 6 aromatic rings. The van der Waals surface area contributed by atoms with Gasteiger partial charge >= 0.3 is 6.03 Å². The standard InChI is InChI=1S/C63H86N12O11S2/c1-47-65-57(46-87-47)60(61(78)64-42-49-9-14-54(80-4)15-10-49)75(43-50-21-32-81-33-22-50)58(76)20-11-48-7-16-55(17-8-48)85-31-6-5-24-71(2)29-35-83-38-37-82-34-23-52-44-74(70-69-52)30-36-84-39-40-86-56-18-12-51(13-19-56)66-62(79)68-63-67-53(45-88-63)41-59(77)73-27-25-72(3)26-28-73/h7-10,12-19,44-46,50,60H,5-6,11,20-43H2,1-4H3,(H,64,78)(H2,66,67,68,79). The molecule has 0 aliphatic carbocycles. The molecule has 2 aliphatic heterocycles. The lowest BCUT2D eigenvalue weighted by molar-refractivity contribution is -0.142. The average Bonchev–Trinajstić information content (AvgIpc) is 4.32. The first-order valence-electron chi connectivity index (χ1n) is 30.4. The van der Waals surface area contributed by atoms with Gasteiger partial charge in [0, 0.05) is 94.5 Å². The lowest BCUT2D eigenvalue weighted by Crippen LogP contribution is -2.47. The number of carbonyl (C=O) groups excluding carboxylic acids is 4. The van der Waals surface area contributed by atoms with Crippen molar-refractivity contribution in [1.82, 2.24) is 49.9 Å². The Morgan fingerprint density at radius 2 is 1.42 bits per heavy atom. The van der Waals surface area contributed by atoms with Gasteiger partial charge in [0.15, 0.2) is 11.2 Å². The number of urea groups is 1. The first kappa shape index (κ1) is 66.8. The van der Waals surface area contributed by atoms with Gasteiger partial charge in [-0.1, -0.05) is 29.5 Å². The number of carbonyl (C=O) groups is 4. The summed E-state index contributed by atoms with van der Waals surface area (Å²) in [6.45, 7) is 13.4. The SMILES string of the molecule is COc1ccc(CNC(=O)C(c2csc(C)n2)N(CC2CCOCC2)C(=O)CCc2ccc(OCCCCN(C)CCOCCOCCc3cn(CCOCCOc4ccc(NC(=O)Nc5nc(CC(=O)N6CCN(C)CC6)cs5)cc4)nn3)cc2)cc1. The number of anilines is 2. The van der Waals surface area contributed by atoms with Gasteiger partial charge in [-0.05, 0) is 125 Å². The highest BCUT2D eigenvalue weighted by Gasteiger charge is 2.35. The van der Waals surface area contributed by atoms with Gasteiger partial charge in [0.05, 0.1) is 88.4 Å². The van der Waals surface area contributed by atoms with Crippen LogP contribution in [0.1, 0.15) is 71.4 Å². The highest BCUT2D eigenvalue weighted by molar-refractivity contribution is 7.14. The van der Waals surface area contributed by atoms with Gasteiger partial charge in [-0.25, -0.2) is 19.4 Å². The topological polar surface area (TPSA) is 238 Å². The number of nitrogens with zero attached hydrogens (tertiary/aromatic N) is 9. The van der Waals surface area contributed by atoms with E-state index in [9.17, 15) is 19.2 Å². The summed E-state index contributed by atoms with van der Waals surface area (Å²) in [5, 5.41) is 22.0. The summed E-state index contributed by atoms with van der Waals surface area (Å²) in [5.41, 5.74) is 4.61. The zero-order chi connectivity index (χ0) is 61.7. The van der Waals surface area contributed by atoms with Crippen LogP contribution in [-0.4, -0.2) is 201 Å². The quantitative estimate of drug-likeness (QED) is 0.0328. The molecule has 5 heterocycles. The van der Waals surface area contributed by atoms with Crippen LogP contribution >= 0.6 is 22.7 Å². The van der Waals surface area contributed by atoms with Crippen molar-refractivity contribution in [3.05, 3.63) is 123 Å². The number of aryl methyl sites for hydroxylation is 2. The largest absolute Gasteiger partial charge is 0.497 e. The molecule has 23 nitrogen and oxygen atoms in total. The van der Waals surface area contributed by atoms with E-state index in [2.05, 4.69) is 48.1 Å². The number of benzene rings is 3. The number of thiazole rings is 2. The molecule has 1 unspecified atom stereocenters. The molecule has 0 bridgehead atoms. The first-order valence-corrected chi connectivity index (χ1v) is 32.1. The number of likely N-dealkylation sites (N-methyl/N-ethyl adjacent to an activating group) is 2. The van der Waals surface area contributed by atoms with Gasteiger partial charge < -0.3 is 63.4 Å². The molecule has 476 valence electrons. The Kier molecular flexibility index (Phi) is 27.6. The minimum absolute atomic E-state index is 0.0462. The molecule has 0 saturated carbocycles. The summed E-state index contributed by atoms with van der Waals surface area (Å²) < 4.78 is 41.9. The fraction of sp³-hybridized carbons (Fsp3) is 0.524. The van der Waals surface area contributed by atoms with Crippen molar-refractivity contribution < 1.29 is 52.3 Å². The average molecular weight is 1250 g/mol. The zero-order valence-corrected chi connectivity index (χ0v) is 52.9. The van der Waals surface area contributed by atoms with E-state index in [0.717, 1.165) is 85.2 Å². The number of hydrogen-bond donors (Lipinski definition) is 3. The van der Waals surface area contributed by atoms with Crippen molar-refractivity contribution in [3.63, 3.8) is 0 Å². The van der Waals surface area contributed by atoms with Crippen LogP contribution in [0.5, 0.6) is 17.2 Å². The first-order chi connectivity index (χ1) is 42.9. The molecule has 88 heavy (non-hydrogen) atoms. The maximum absolute atomic E-state index is 14.3. The van der Waals surface area contributed by atoms with Gasteiger partial charge in [0.25, 0.3) is 0 Å². The second-order valence-electron chi connectivity index (χ2n) is 21.9. The smallest absolute Gasteiger partial charge is 0.325 e. The fourth-order valence-corrected chi connectivity index (χ4v) is 11.2. The summed E-state index contributed by atoms with van der Waals surface area (Å²) in [6.07, 6.45) is 7.09. The van der Waals surface area contributed by atoms with Crippen LogP contribution in [0.2, 0.25) is 0 Å². The van der Waals surface area contributed by atoms with E-state index in [1.54, 1.807) is 46.3 Å². The van der Waals surface area contributed by atoms with E-state index in [4.69, 9.17) is 38.1 Å². The van der Waals surface area contributed by atoms with Crippen LogP contribution in [0.3, 0.4) is 0 Å². The van der Waals surface area contributed by atoms with Crippen LogP contribution in [-0.2, 0) is 65.7 Å². The number of hydrogen-bond acceptors (Lipinski definition) is 19. The molecule has 1 atom stereocenters. The molecule has 3 N–H and O–H groups in total. The summed E-state index contributed by atoms with van der Waals surface area (Å²) >= 11 is 2.76. The Bertz CT molecular complexity index is 3020. The van der Waals surface area contributed by atoms with Crippen molar-refractivity contribution in [2.45, 2.75) is 77.4 Å². The highest BCUT2D eigenvalue weighted by Crippen LogP contribution is 2.29. The van der Waals surface area contributed by atoms with E-state index < -0.39 is 12.1 Å². The summed E-state index contributed by atoms with van der Waals surface area (Å²) in [4.78, 5) is 70.9. The van der Waals surface area contributed by atoms with E-state index in [0.29, 0.717) is 140 Å². The Labute approximate surface area is 524 Å². The van der Waals surface area contributed by atoms with Crippen molar-refractivity contribution in [3.8, 4) is 17.2 Å². The summed E-state index contributed by atoms with van der Waals surface area (Å²) in [6, 6.07) is 21.3. The van der Waals surface area contributed by atoms with Crippen LogP contribution < -0.4 is 30.2 Å². The molecular weight excluding hydrogens is 1160 g/mol. The van der Waals surface area contributed by atoms with Crippen molar-refractivity contribution in [1.29, 1.82) is 0 Å². The van der Waals surface area contributed by atoms with E-state index >= 15 is 0 Å². The second-order valence-corrected chi connectivity index (χ2v) is 23.8. The van der Waals surface area contributed by atoms with Crippen LogP contribution in [0, 0.1) is 12.8 Å². The number of piperazine rings is 1. The monoisotopic (exact) mass is 1250 g/mol. The Morgan fingerprint density at radius 1 is 0.727 bits per heavy atom. The van der Waals surface area contributed by atoms with Gasteiger partial charge in [-0.3, -0.25) is 19.7 Å². The molecular formula is C63H86N12O11S2. The van der Waals surface area contributed by atoms with Gasteiger partial charge in [0.1, 0.15) is 23.9 Å². The zero-order valence-electron chi connectivity index (χ0n) is 51.2. The lowest BCUT2D eigenvalue weighted by atomic mass is 9.97. The third-order valence-corrected chi connectivity index (χ3v) is 16.7. The molecule has 0 spiro atoms. The molecule has 25 heteroatoms. The number of rotatable bonds is 37. The maximum atomic E-state index is 14.3. The third-order valence-electron chi connectivity index (χ3n) is 15.1. The normalized spacial score (nSPS) is 14.2. The third kappa shape index (κ3) is 23.1. The van der Waals surface area contributed by atoms with Gasteiger partial charge in [-0.15, -0.1) is 27.8 Å². The number of aromatic nitrogens is 5. The Morgan fingerprint density at radius 3 is 2.16 bits per heavy atom. The molecule has 8 rings (SSSR count). The molecule has 2 saturated heterocycles. The molecule has 2 aliphatic rings. The second kappa shape index (κ2) is 36.4. The number of amides is 5. The van der Waals surface area contributed by atoms with Crippen LogP contribution in [0.15, 0.2) is 89.8 Å². The van der Waals surface area contributed by atoms with E-state index in [1.807, 2.05) is 79.0 Å². The summed E-state index contributed by atoms with van der Waals surface area (Å²) in [7, 11) is 5.76. The van der Waals surface area contributed by atoms with Crippen molar-refractivity contribution in [2.24, 2.45) is 5.92 Å². The molecule has 2 fully saturated rings. The summed E-state index contributed by atoms with van der Waals surface area (Å²) in [5.74, 6) is 2.11. The molecule has 5 amide bonds. The van der Waals surface area contributed by atoms with Crippen LogP contribution in [0.25, 0.3) is 0 Å².